The van der Waals surface area contributed by atoms with Gasteiger partial charge in [-0.25, -0.2) is 0 Å². The molecule has 0 spiro atoms. The summed E-state index contributed by atoms with van der Waals surface area (Å²) in [6.45, 7) is 7.52. The second kappa shape index (κ2) is 4.07. The van der Waals surface area contributed by atoms with Crippen molar-refractivity contribution in [3.8, 4) is 0 Å². The minimum Gasteiger partial charge on any atom is -0.377 e. The Balaban J connectivity index is 2.43. The third-order valence-corrected chi connectivity index (χ3v) is 2.39. The topological polar surface area (TPSA) is 21.3 Å². The molecule has 2 nitrogen and oxygen atoms in total. The Labute approximate surface area is 69.3 Å². The van der Waals surface area contributed by atoms with Gasteiger partial charge in [0.15, 0.2) is 0 Å². The van der Waals surface area contributed by atoms with Crippen LogP contribution in [0.5, 0.6) is 0 Å². The molecule has 11 heavy (non-hydrogen) atoms. The van der Waals surface area contributed by atoms with E-state index in [4.69, 9.17) is 4.74 Å². The number of nitrogens with one attached hydrogen (secondary N) is 1. The molecule has 1 N–H and O–H groups in total. The smallest absolute Gasteiger partial charge is 0.0722 e. The monoisotopic (exact) mass is 157 g/mol. The second-order valence-corrected chi connectivity index (χ2v) is 3.46. The molecule has 1 heterocycles. The third kappa shape index (κ3) is 2.46. The summed E-state index contributed by atoms with van der Waals surface area (Å²) < 4.78 is 5.67. The molecule has 0 aromatic rings. The van der Waals surface area contributed by atoms with Gasteiger partial charge in [-0.05, 0) is 26.7 Å². The van der Waals surface area contributed by atoms with Crippen molar-refractivity contribution in [2.45, 2.75) is 51.8 Å². The Kier molecular flexibility index (Phi) is 3.34. The van der Waals surface area contributed by atoms with Crippen LogP contribution in [0.2, 0.25) is 0 Å². The van der Waals surface area contributed by atoms with E-state index in [-0.39, 0.29) is 0 Å². The summed E-state index contributed by atoms with van der Waals surface area (Å²) in [6.07, 6.45) is 2.67. The van der Waals surface area contributed by atoms with Crippen molar-refractivity contribution in [1.29, 1.82) is 0 Å². The molecular weight excluding hydrogens is 138 g/mol. The normalized spacial score (nSPS) is 40.1. The van der Waals surface area contributed by atoms with Crippen molar-refractivity contribution < 1.29 is 4.74 Å². The fourth-order valence-electron chi connectivity index (χ4n) is 1.65. The van der Waals surface area contributed by atoms with Gasteiger partial charge in [0.05, 0.1) is 6.10 Å². The Morgan fingerprint density at radius 3 is 2.82 bits per heavy atom. The van der Waals surface area contributed by atoms with E-state index < -0.39 is 0 Å². The molecule has 0 saturated carbocycles. The number of ether oxygens (including phenoxy) is 1. The Bertz CT molecular complexity index is 116. The van der Waals surface area contributed by atoms with E-state index in [1.54, 1.807) is 0 Å². The highest BCUT2D eigenvalue weighted by Crippen LogP contribution is 2.10. The summed E-state index contributed by atoms with van der Waals surface area (Å²) in [4.78, 5) is 0. The zero-order valence-electron chi connectivity index (χ0n) is 7.76. The van der Waals surface area contributed by atoms with E-state index in [0.29, 0.717) is 18.2 Å². The first kappa shape index (κ1) is 9.01. The first-order chi connectivity index (χ1) is 5.24. The van der Waals surface area contributed by atoms with Gasteiger partial charge in [0.1, 0.15) is 0 Å². The van der Waals surface area contributed by atoms with Crippen LogP contribution in [0.15, 0.2) is 0 Å². The van der Waals surface area contributed by atoms with E-state index >= 15 is 0 Å². The third-order valence-electron chi connectivity index (χ3n) is 2.39. The summed E-state index contributed by atoms with van der Waals surface area (Å²) in [7, 11) is 0. The predicted molar refractivity (Wildman–Crippen MR) is 46.7 cm³/mol. The zero-order chi connectivity index (χ0) is 8.27. The van der Waals surface area contributed by atoms with Crippen LogP contribution in [-0.2, 0) is 4.74 Å². The van der Waals surface area contributed by atoms with Gasteiger partial charge >= 0.3 is 0 Å². The van der Waals surface area contributed by atoms with Crippen LogP contribution in [0.1, 0.15) is 33.6 Å². The van der Waals surface area contributed by atoms with Crippen LogP contribution in [-0.4, -0.2) is 24.8 Å². The van der Waals surface area contributed by atoms with Gasteiger partial charge in [0.25, 0.3) is 0 Å². The van der Waals surface area contributed by atoms with Crippen molar-refractivity contribution in [2.24, 2.45) is 0 Å². The number of hydrogen-bond acceptors (Lipinski definition) is 2. The van der Waals surface area contributed by atoms with Gasteiger partial charge in [-0.15, -0.1) is 0 Å². The van der Waals surface area contributed by atoms with E-state index in [1.165, 1.54) is 0 Å². The fourth-order valence-corrected chi connectivity index (χ4v) is 1.65. The molecule has 0 radical (unpaired) electrons. The minimum absolute atomic E-state index is 0.417. The predicted octanol–water partition coefficient (Wildman–Crippen LogP) is 1.55. The Hall–Kier alpha value is -0.0800. The Morgan fingerprint density at radius 2 is 2.18 bits per heavy atom. The lowest BCUT2D eigenvalue weighted by molar-refractivity contribution is 0.0445. The molecule has 0 aliphatic carbocycles. The van der Waals surface area contributed by atoms with E-state index in [0.717, 1.165) is 19.4 Å². The lowest BCUT2D eigenvalue weighted by atomic mass is 10.1. The maximum absolute atomic E-state index is 5.67. The van der Waals surface area contributed by atoms with Gasteiger partial charge in [-0.2, -0.15) is 0 Å². The average Bonchev–Trinajstić information content (AvgIpc) is 2.11. The molecule has 0 aromatic carbocycles. The molecule has 2 heteroatoms. The first-order valence-electron chi connectivity index (χ1n) is 4.61. The molecule has 0 bridgehead atoms. The molecule has 3 atom stereocenters. The quantitative estimate of drug-likeness (QED) is 0.623. The number of hydrogen-bond donors (Lipinski definition) is 1. The maximum atomic E-state index is 5.67. The lowest BCUT2D eigenvalue weighted by Crippen LogP contribution is -2.40. The van der Waals surface area contributed by atoms with E-state index in [2.05, 4.69) is 26.1 Å². The largest absolute Gasteiger partial charge is 0.377 e. The highest BCUT2D eigenvalue weighted by Gasteiger charge is 2.20. The van der Waals surface area contributed by atoms with Gasteiger partial charge in [-0.3, -0.25) is 0 Å². The van der Waals surface area contributed by atoms with Crippen molar-refractivity contribution in [3.05, 3.63) is 0 Å². The highest BCUT2D eigenvalue weighted by molar-refractivity contribution is 4.78. The van der Waals surface area contributed by atoms with Crippen LogP contribution in [0.25, 0.3) is 0 Å². The molecular formula is C9H19NO. The van der Waals surface area contributed by atoms with Crippen LogP contribution >= 0.6 is 0 Å². The number of rotatable bonds is 1. The van der Waals surface area contributed by atoms with Crippen molar-refractivity contribution in [1.82, 2.24) is 5.32 Å². The molecule has 66 valence electrons. The second-order valence-electron chi connectivity index (χ2n) is 3.46. The summed E-state index contributed by atoms with van der Waals surface area (Å²) in [5, 5.41) is 3.52. The zero-order valence-corrected chi connectivity index (χ0v) is 7.76. The van der Waals surface area contributed by atoms with E-state index in [9.17, 15) is 0 Å². The highest BCUT2D eigenvalue weighted by atomic mass is 16.5. The standard InChI is InChI=1S/C9H19NO/c1-4-9-8(3)10-7(2)5-6-11-9/h7-10H,4-6H2,1-3H3. The van der Waals surface area contributed by atoms with Crippen LogP contribution in [0, 0.1) is 0 Å². The van der Waals surface area contributed by atoms with Crippen LogP contribution < -0.4 is 5.32 Å². The molecule has 1 saturated heterocycles. The molecule has 1 rings (SSSR count). The summed E-state index contributed by atoms with van der Waals surface area (Å²) in [5.41, 5.74) is 0. The van der Waals surface area contributed by atoms with Crippen molar-refractivity contribution >= 4 is 0 Å². The SMILES string of the molecule is CCC1OCCC(C)NC1C. The average molecular weight is 157 g/mol. The summed E-state index contributed by atoms with van der Waals surface area (Å²) >= 11 is 0. The molecule has 0 amide bonds. The van der Waals surface area contributed by atoms with Gasteiger partial charge in [0.2, 0.25) is 0 Å². The fraction of sp³-hybridized carbons (Fsp3) is 1.00. The van der Waals surface area contributed by atoms with Gasteiger partial charge < -0.3 is 10.1 Å². The maximum Gasteiger partial charge on any atom is 0.0722 e. The minimum atomic E-state index is 0.417. The molecule has 1 aliphatic heterocycles. The summed E-state index contributed by atoms with van der Waals surface area (Å²) in [5.74, 6) is 0. The molecule has 1 fully saturated rings. The van der Waals surface area contributed by atoms with E-state index in [1.807, 2.05) is 0 Å². The molecule has 1 aliphatic rings. The summed E-state index contributed by atoms with van der Waals surface area (Å²) in [6, 6.07) is 1.12. The van der Waals surface area contributed by atoms with Crippen molar-refractivity contribution in [2.75, 3.05) is 6.61 Å². The molecule has 3 unspecified atom stereocenters. The lowest BCUT2D eigenvalue weighted by Gasteiger charge is -2.21. The van der Waals surface area contributed by atoms with Crippen LogP contribution in [0.3, 0.4) is 0 Å². The van der Waals surface area contributed by atoms with Crippen LogP contribution in [0.4, 0.5) is 0 Å². The first-order valence-corrected chi connectivity index (χ1v) is 4.61. The van der Waals surface area contributed by atoms with Gasteiger partial charge in [-0.1, -0.05) is 6.92 Å². The Morgan fingerprint density at radius 1 is 1.45 bits per heavy atom. The van der Waals surface area contributed by atoms with Gasteiger partial charge in [0, 0.05) is 18.7 Å². The van der Waals surface area contributed by atoms with Crippen molar-refractivity contribution in [3.63, 3.8) is 0 Å². The molecule has 0 aromatic heterocycles.